The van der Waals surface area contributed by atoms with Gasteiger partial charge in [-0.1, -0.05) is 30.4 Å². The lowest BCUT2D eigenvalue weighted by Crippen LogP contribution is -2.13. The molecule has 0 spiro atoms. The Kier molecular flexibility index (Phi) is 3.59. The van der Waals surface area contributed by atoms with E-state index in [-0.39, 0.29) is 12.1 Å². The van der Waals surface area contributed by atoms with Gasteiger partial charge in [-0.3, -0.25) is 4.79 Å². The third kappa shape index (κ3) is 2.49. The Bertz CT molecular complexity index is 534. The summed E-state index contributed by atoms with van der Waals surface area (Å²) >= 11 is 5.04. The summed E-state index contributed by atoms with van der Waals surface area (Å²) in [7, 11) is 0. The second-order valence-corrected chi connectivity index (χ2v) is 4.75. The van der Waals surface area contributed by atoms with E-state index in [4.69, 9.17) is 17.0 Å². The van der Waals surface area contributed by atoms with E-state index in [1.807, 2.05) is 31.2 Å². The fourth-order valence-corrected chi connectivity index (χ4v) is 2.17. The van der Waals surface area contributed by atoms with Crippen LogP contribution >= 0.6 is 12.2 Å². The lowest BCUT2D eigenvalue weighted by Gasteiger charge is -2.20. The molecule has 0 aromatic heterocycles. The summed E-state index contributed by atoms with van der Waals surface area (Å²) in [6.07, 6.45) is 2.57. The number of aliphatic hydroxyl groups excluding tert-OH is 1. The lowest BCUT2D eigenvalue weighted by atomic mass is 9.92. The number of rotatable bonds is 2. The van der Waals surface area contributed by atoms with Crippen LogP contribution in [0, 0.1) is 0 Å². The number of thiocarbonyl (C=S) groups is 1. The van der Waals surface area contributed by atoms with Crippen molar-refractivity contribution in [2.24, 2.45) is 0 Å². The van der Waals surface area contributed by atoms with Crippen molar-refractivity contribution < 1.29 is 14.6 Å². The second kappa shape index (κ2) is 5.00. The van der Waals surface area contributed by atoms with E-state index in [0.717, 1.165) is 16.7 Å². The van der Waals surface area contributed by atoms with Crippen molar-refractivity contribution in [3.8, 4) is 0 Å². The number of benzene rings is 1. The van der Waals surface area contributed by atoms with Crippen molar-refractivity contribution in [2.75, 3.05) is 0 Å². The smallest absolute Gasteiger partial charge is 0.303 e. The summed E-state index contributed by atoms with van der Waals surface area (Å²) < 4.78 is 5.12. The molecule has 0 saturated heterocycles. The van der Waals surface area contributed by atoms with Gasteiger partial charge in [0.05, 0.1) is 0 Å². The molecule has 1 N–H and O–H groups in total. The third-order valence-corrected chi connectivity index (χ3v) is 3.27. The fraction of sp³-hybridized carbons (Fsp3) is 0.286. The van der Waals surface area contributed by atoms with Crippen molar-refractivity contribution in [2.45, 2.75) is 26.1 Å². The van der Waals surface area contributed by atoms with Crippen LogP contribution in [-0.4, -0.2) is 15.9 Å². The zero-order valence-corrected chi connectivity index (χ0v) is 11.0. The summed E-state index contributed by atoms with van der Waals surface area (Å²) in [4.78, 5) is 11.4. The topological polar surface area (TPSA) is 46.5 Å². The Morgan fingerprint density at radius 3 is 2.83 bits per heavy atom. The number of aliphatic hydroxyl groups is 1. The summed E-state index contributed by atoms with van der Waals surface area (Å²) in [5.74, 6) is -0.308. The van der Waals surface area contributed by atoms with Gasteiger partial charge in [0.25, 0.3) is 0 Å². The molecule has 94 valence electrons. The highest BCUT2D eigenvalue weighted by molar-refractivity contribution is 7.80. The predicted molar refractivity (Wildman–Crippen MR) is 73.2 cm³/mol. The average Bonchev–Trinajstić information content (AvgIpc) is 2.32. The minimum Gasteiger partial charge on any atom is -0.458 e. The van der Waals surface area contributed by atoms with Crippen LogP contribution in [0.4, 0.5) is 0 Å². The molecule has 2 atom stereocenters. The molecule has 18 heavy (non-hydrogen) atoms. The molecule has 1 aromatic carbocycles. The molecule has 0 aliphatic heterocycles. The van der Waals surface area contributed by atoms with E-state index in [9.17, 15) is 9.90 Å². The zero-order chi connectivity index (χ0) is 13.3. The monoisotopic (exact) mass is 262 g/mol. The SMILES string of the molecule is CC(=O)OC(C)c1ccc2c(c1)C=CC(=S)C2O. The van der Waals surface area contributed by atoms with E-state index < -0.39 is 6.10 Å². The maximum atomic E-state index is 10.9. The second-order valence-electron chi connectivity index (χ2n) is 4.28. The molecule has 0 amide bonds. The van der Waals surface area contributed by atoms with Crippen molar-refractivity contribution in [1.82, 2.24) is 0 Å². The van der Waals surface area contributed by atoms with E-state index in [1.54, 1.807) is 6.08 Å². The predicted octanol–water partition coefficient (Wildman–Crippen LogP) is 2.74. The molecule has 2 unspecified atom stereocenters. The van der Waals surface area contributed by atoms with Crippen LogP contribution in [0.5, 0.6) is 0 Å². The maximum absolute atomic E-state index is 10.9. The van der Waals surface area contributed by atoms with Crippen molar-refractivity contribution in [3.63, 3.8) is 0 Å². The van der Waals surface area contributed by atoms with E-state index in [0.29, 0.717) is 4.86 Å². The number of esters is 1. The average molecular weight is 262 g/mol. The normalized spacial score (nSPS) is 19.3. The standard InChI is InChI=1S/C14H14O3S/c1-8(17-9(2)15)10-3-5-12-11(7-10)4-6-13(18)14(12)16/h3-8,14,16H,1-2H3. The van der Waals surface area contributed by atoms with Gasteiger partial charge in [-0.05, 0) is 35.8 Å². The van der Waals surface area contributed by atoms with Crippen molar-refractivity contribution in [1.29, 1.82) is 0 Å². The molecule has 0 radical (unpaired) electrons. The summed E-state index contributed by atoms with van der Waals surface area (Å²) in [5.41, 5.74) is 2.60. The quantitative estimate of drug-likeness (QED) is 0.657. The first-order valence-corrected chi connectivity index (χ1v) is 6.11. The Morgan fingerprint density at radius 1 is 1.44 bits per heavy atom. The molecular weight excluding hydrogens is 248 g/mol. The van der Waals surface area contributed by atoms with Crippen LogP contribution in [0.15, 0.2) is 24.3 Å². The molecule has 0 bridgehead atoms. The van der Waals surface area contributed by atoms with E-state index >= 15 is 0 Å². The van der Waals surface area contributed by atoms with Gasteiger partial charge in [0.15, 0.2) is 0 Å². The molecule has 4 heteroatoms. The fourth-order valence-electron chi connectivity index (χ4n) is 1.97. The van der Waals surface area contributed by atoms with Crippen LogP contribution in [0.2, 0.25) is 0 Å². The Hall–Kier alpha value is -1.52. The molecule has 1 aliphatic carbocycles. The number of carbonyl (C=O) groups excluding carboxylic acids is 1. The molecule has 1 aliphatic rings. The largest absolute Gasteiger partial charge is 0.458 e. The zero-order valence-electron chi connectivity index (χ0n) is 10.2. The van der Waals surface area contributed by atoms with Crippen LogP contribution in [-0.2, 0) is 9.53 Å². The molecule has 2 rings (SSSR count). The Balaban J connectivity index is 2.32. The number of carbonyl (C=O) groups is 1. The van der Waals surface area contributed by atoms with Gasteiger partial charge in [0.1, 0.15) is 12.2 Å². The van der Waals surface area contributed by atoms with E-state index in [2.05, 4.69) is 0 Å². The number of ether oxygens (including phenoxy) is 1. The van der Waals surface area contributed by atoms with Gasteiger partial charge in [0, 0.05) is 11.8 Å². The van der Waals surface area contributed by atoms with Gasteiger partial charge >= 0.3 is 5.97 Å². The molecule has 0 saturated carbocycles. The number of hydrogen-bond acceptors (Lipinski definition) is 4. The number of fused-ring (bicyclic) bond motifs is 1. The van der Waals surface area contributed by atoms with Crippen molar-refractivity contribution >= 4 is 29.1 Å². The molecule has 1 aromatic rings. The lowest BCUT2D eigenvalue weighted by molar-refractivity contribution is -0.145. The summed E-state index contributed by atoms with van der Waals surface area (Å²) in [6.45, 7) is 3.20. The first-order valence-electron chi connectivity index (χ1n) is 5.70. The summed E-state index contributed by atoms with van der Waals surface area (Å²) in [6, 6.07) is 5.58. The van der Waals surface area contributed by atoms with Crippen LogP contribution in [0.25, 0.3) is 6.08 Å². The maximum Gasteiger partial charge on any atom is 0.303 e. The highest BCUT2D eigenvalue weighted by atomic mass is 32.1. The molecule has 0 heterocycles. The van der Waals surface area contributed by atoms with Crippen LogP contribution < -0.4 is 0 Å². The minimum absolute atomic E-state index is 0.299. The van der Waals surface area contributed by atoms with Gasteiger partial charge in [-0.25, -0.2) is 0 Å². The first kappa shape index (κ1) is 12.9. The van der Waals surface area contributed by atoms with Crippen molar-refractivity contribution in [3.05, 3.63) is 41.0 Å². The molecular formula is C14H14O3S. The highest BCUT2D eigenvalue weighted by Gasteiger charge is 2.20. The third-order valence-electron chi connectivity index (χ3n) is 2.91. The van der Waals surface area contributed by atoms with Gasteiger partial charge in [0.2, 0.25) is 0 Å². The first-order chi connectivity index (χ1) is 8.49. The minimum atomic E-state index is -0.724. The highest BCUT2D eigenvalue weighted by Crippen LogP contribution is 2.29. The summed E-state index contributed by atoms with van der Waals surface area (Å²) in [5, 5.41) is 9.93. The Morgan fingerprint density at radius 2 is 2.17 bits per heavy atom. The van der Waals surface area contributed by atoms with Crippen LogP contribution in [0.3, 0.4) is 0 Å². The molecule has 0 fully saturated rings. The molecule has 3 nitrogen and oxygen atoms in total. The van der Waals surface area contributed by atoms with Crippen LogP contribution in [0.1, 0.15) is 42.7 Å². The van der Waals surface area contributed by atoms with Gasteiger partial charge < -0.3 is 9.84 Å². The van der Waals surface area contributed by atoms with E-state index in [1.165, 1.54) is 6.92 Å². The van der Waals surface area contributed by atoms with Gasteiger partial charge in [-0.2, -0.15) is 0 Å². The number of hydrogen-bond donors (Lipinski definition) is 1. The van der Waals surface area contributed by atoms with Gasteiger partial charge in [-0.15, -0.1) is 0 Å². The Labute approximate surface area is 111 Å².